The number of nitrogens with zero attached hydrogens (tertiary/aromatic N) is 1. The Labute approximate surface area is 148 Å². The van der Waals surface area contributed by atoms with Gasteiger partial charge in [0.25, 0.3) is 5.91 Å². The molecule has 1 aliphatic carbocycles. The number of carbonyl (C=O) groups excluding carboxylic acids is 2. The summed E-state index contributed by atoms with van der Waals surface area (Å²) in [6.45, 7) is 7.20. The largest absolute Gasteiger partial charge is 0.488 e. The van der Waals surface area contributed by atoms with E-state index in [1.165, 1.54) is 0 Å². The van der Waals surface area contributed by atoms with E-state index in [9.17, 15) is 9.59 Å². The third-order valence-corrected chi connectivity index (χ3v) is 5.47. The molecule has 0 aromatic heterocycles. The molecule has 1 aromatic carbocycles. The van der Waals surface area contributed by atoms with Crippen molar-refractivity contribution in [2.24, 2.45) is 11.3 Å². The minimum absolute atomic E-state index is 0.138. The molecule has 1 unspecified atom stereocenters. The molecule has 1 aromatic rings. The smallest absolute Gasteiger partial charge is 0.274 e. The highest BCUT2D eigenvalue weighted by atomic mass is 16.5. The van der Waals surface area contributed by atoms with Crippen LogP contribution in [0.2, 0.25) is 0 Å². The van der Waals surface area contributed by atoms with Gasteiger partial charge in [-0.05, 0) is 30.9 Å². The summed E-state index contributed by atoms with van der Waals surface area (Å²) in [7, 11) is 0. The summed E-state index contributed by atoms with van der Waals surface area (Å²) >= 11 is 0. The van der Waals surface area contributed by atoms with Crippen LogP contribution in [-0.2, 0) is 11.3 Å². The lowest BCUT2D eigenvalue weighted by atomic mass is 9.69. The van der Waals surface area contributed by atoms with Crippen LogP contribution >= 0.6 is 0 Å². The van der Waals surface area contributed by atoms with E-state index in [1.54, 1.807) is 23.7 Å². The Bertz CT molecular complexity index is 682. The predicted octanol–water partition coefficient (Wildman–Crippen LogP) is 2.74. The van der Waals surface area contributed by atoms with E-state index >= 15 is 0 Å². The molecular weight excluding hydrogens is 320 g/mol. The molecule has 2 aliphatic rings. The van der Waals surface area contributed by atoms with Gasteiger partial charge in [-0.15, -0.1) is 0 Å². The molecule has 1 atom stereocenters. The number of hydrogen-bond donors (Lipinski definition) is 2. The average Bonchev–Trinajstić information content (AvgIpc) is 2.77. The molecule has 1 saturated carbocycles. The first-order chi connectivity index (χ1) is 11.8. The minimum Gasteiger partial charge on any atom is -0.488 e. The van der Waals surface area contributed by atoms with Crippen LogP contribution in [0.25, 0.3) is 0 Å². The first kappa shape index (κ1) is 17.7. The summed E-state index contributed by atoms with van der Waals surface area (Å²) in [4.78, 5) is 26.6. The first-order valence-corrected chi connectivity index (χ1v) is 8.87. The zero-order valence-electron chi connectivity index (χ0n) is 15.0. The number of rotatable bonds is 3. The van der Waals surface area contributed by atoms with Gasteiger partial charge < -0.3 is 9.64 Å². The number of amides is 2. The van der Waals surface area contributed by atoms with Crippen LogP contribution in [0, 0.1) is 11.3 Å². The van der Waals surface area contributed by atoms with Crippen LogP contribution in [0.1, 0.15) is 56.0 Å². The van der Waals surface area contributed by atoms with Crippen molar-refractivity contribution >= 4 is 11.8 Å². The summed E-state index contributed by atoms with van der Waals surface area (Å²) in [5.74, 6) is 0.448. The second-order valence-corrected chi connectivity index (χ2v) is 7.76. The van der Waals surface area contributed by atoms with Crippen LogP contribution in [0.15, 0.2) is 18.2 Å². The molecular formula is C19H26N2O4. The molecule has 0 bridgehead atoms. The van der Waals surface area contributed by atoms with Gasteiger partial charge in [-0.25, -0.2) is 5.48 Å². The third-order valence-electron chi connectivity index (χ3n) is 5.47. The highest BCUT2D eigenvalue weighted by Gasteiger charge is 2.43. The van der Waals surface area contributed by atoms with Crippen molar-refractivity contribution in [3.05, 3.63) is 29.3 Å². The normalized spacial score (nSPS) is 21.6. The van der Waals surface area contributed by atoms with Crippen molar-refractivity contribution in [1.29, 1.82) is 0 Å². The topological polar surface area (TPSA) is 78.9 Å². The van der Waals surface area contributed by atoms with Gasteiger partial charge in [0, 0.05) is 23.1 Å². The summed E-state index contributed by atoms with van der Waals surface area (Å²) < 4.78 is 6.14. The van der Waals surface area contributed by atoms with Gasteiger partial charge in [0.1, 0.15) is 11.9 Å². The van der Waals surface area contributed by atoms with Gasteiger partial charge >= 0.3 is 0 Å². The van der Waals surface area contributed by atoms with Crippen LogP contribution in [-0.4, -0.2) is 34.6 Å². The van der Waals surface area contributed by atoms with Crippen molar-refractivity contribution in [3.8, 4) is 5.75 Å². The van der Waals surface area contributed by atoms with Gasteiger partial charge in [0.2, 0.25) is 5.91 Å². The molecule has 1 aliphatic heterocycles. The Morgan fingerprint density at radius 3 is 2.64 bits per heavy atom. The Morgan fingerprint density at radius 1 is 1.36 bits per heavy atom. The molecule has 0 saturated heterocycles. The Morgan fingerprint density at radius 2 is 2.08 bits per heavy atom. The van der Waals surface area contributed by atoms with Crippen LogP contribution in [0.3, 0.4) is 0 Å². The van der Waals surface area contributed by atoms with Crippen LogP contribution in [0.4, 0.5) is 0 Å². The number of hydroxylamine groups is 1. The van der Waals surface area contributed by atoms with Gasteiger partial charge in [0.15, 0.2) is 0 Å². The monoisotopic (exact) mass is 346 g/mol. The van der Waals surface area contributed by atoms with Gasteiger partial charge in [-0.2, -0.15) is 0 Å². The molecule has 2 amide bonds. The standard InChI is InChI=1S/C19H26N2O4/c1-12(2)16-11-21(18(23)19(3)7-4-8-19)10-14-6-5-13(17(22)20-24)9-15(14)25-16/h5-6,9,12,16,24H,4,7-8,10-11H2,1-3H3,(H,20,22). The van der Waals surface area contributed by atoms with Crippen molar-refractivity contribution in [2.75, 3.05) is 6.54 Å². The van der Waals surface area contributed by atoms with E-state index in [1.807, 2.05) is 11.8 Å². The van der Waals surface area contributed by atoms with E-state index in [0.717, 1.165) is 24.8 Å². The average molecular weight is 346 g/mol. The van der Waals surface area contributed by atoms with Crippen LogP contribution < -0.4 is 10.2 Å². The lowest BCUT2D eigenvalue weighted by Gasteiger charge is -2.41. The van der Waals surface area contributed by atoms with Gasteiger partial charge in [0.05, 0.1) is 6.54 Å². The van der Waals surface area contributed by atoms with Crippen LogP contribution in [0.5, 0.6) is 5.75 Å². The quantitative estimate of drug-likeness (QED) is 0.651. The molecule has 1 fully saturated rings. The van der Waals surface area contributed by atoms with Gasteiger partial charge in [-0.1, -0.05) is 33.3 Å². The Balaban J connectivity index is 1.92. The molecule has 6 heteroatoms. The van der Waals surface area contributed by atoms with Crippen molar-refractivity contribution in [2.45, 2.75) is 52.7 Å². The van der Waals surface area contributed by atoms with E-state index in [-0.39, 0.29) is 23.3 Å². The number of hydrogen-bond acceptors (Lipinski definition) is 4. The van der Waals surface area contributed by atoms with E-state index in [0.29, 0.717) is 24.4 Å². The van der Waals surface area contributed by atoms with Gasteiger partial charge in [-0.3, -0.25) is 14.8 Å². The zero-order chi connectivity index (χ0) is 18.2. The molecule has 0 radical (unpaired) electrons. The van der Waals surface area contributed by atoms with E-state index in [4.69, 9.17) is 9.94 Å². The maximum Gasteiger partial charge on any atom is 0.274 e. The predicted molar refractivity (Wildman–Crippen MR) is 92.3 cm³/mol. The Kier molecular flexibility index (Phi) is 4.73. The fraction of sp³-hybridized carbons (Fsp3) is 0.579. The highest BCUT2D eigenvalue weighted by Crippen LogP contribution is 2.43. The van der Waals surface area contributed by atoms with E-state index < -0.39 is 5.91 Å². The molecule has 2 N–H and O–H groups in total. The van der Waals surface area contributed by atoms with Crippen molar-refractivity contribution in [3.63, 3.8) is 0 Å². The maximum atomic E-state index is 13.0. The minimum atomic E-state index is -0.577. The Hall–Kier alpha value is -2.08. The summed E-state index contributed by atoms with van der Waals surface area (Å²) in [6, 6.07) is 5.07. The molecule has 6 nitrogen and oxygen atoms in total. The highest BCUT2D eigenvalue weighted by molar-refractivity contribution is 5.94. The molecule has 3 rings (SSSR count). The SMILES string of the molecule is CC(C)C1CN(C(=O)C2(C)CCC2)Cc2ccc(C(=O)NO)cc2O1. The third kappa shape index (κ3) is 3.35. The summed E-state index contributed by atoms with van der Waals surface area (Å²) in [5, 5.41) is 8.83. The number of fused-ring (bicyclic) bond motifs is 1. The molecule has 0 spiro atoms. The fourth-order valence-electron chi connectivity index (χ4n) is 3.49. The lowest BCUT2D eigenvalue weighted by Crippen LogP contribution is -2.48. The second kappa shape index (κ2) is 6.67. The maximum absolute atomic E-state index is 13.0. The number of nitrogens with one attached hydrogen (secondary N) is 1. The van der Waals surface area contributed by atoms with E-state index in [2.05, 4.69) is 13.8 Å². The summed E-state index contributed by atoms with van der Waals surface area (Å²) in [6.07, 6.45) is 2.85. The first-order valence-electron chi connectivity index (χ1n) is 8.87. The van der Waals surface area contributed by atoms with Crippen molar-refractivity contribution in [1.82, 2.24) is 10.4 Å². The number of ether oxygens (including phenoxy) is 1. The zero-order valence-corrected chi connectivity index (χ0v) is 15.0. The fourth-order valence-corrected chi connectivity index (χ4v) is 3.49. The molecule has 136 valence electrons. The van der Waals surface area contributed by atoms with Crippen molar-refractivity contribution < 1.29 is 19.5 Å². The second-order valence-electron chi connectivity index (χ2n) is 7.76. The molecule has 25 heavy (non-hydrogen) atoms. The number of carbonyl (C=O) groups is 2. The lowest BCUT2D eigenvalue weighted by molar-refractivity contribution is -0.147. The molecule has 1 heterocycles. The number of benzene rings is 1. The summed E-state index contributed by atoms with van der Waals surface area (Å²) in [5.41, 5.74) is 2.60.